The van der Waals surface area contributed by atoms with Crippen molar-refractivity contribution in [3.05, 3.63) is 29.8 Å². The summed E-state index contributed by atoms with van der Waals surface area (Å²) in [5, 5.41) is 10.5. The lowest BCUT2D eigenvalue weighted by molar-refractivity contribution is -0.139. The summed E-state index contributed by atoms with van der Waals surface area (Å²) < 4.78 is 35.5. The van der Waals surface area contributed by atoms with Gasteiger partial charge in [-0.25, -0.2) is 0 Å². The second-order valence-electron chi connectivity index (χ2n) is 1.99. The van der Waals surface area contributed by atoms with Crippen LogP contribution in [-0.4, -0.2) is 0 Å². The first-order valence-corrected chi connectivity index (χ1v) is 2.85. The smallest absolute Gasteiger partial charge is 0.289 e. The molecule has 1 nitrogen and oxygen atoms in total. The molecule has 0 fully saturated rings. The van der Waals surface area contributed by atoms with Crippen LogP contribution in [0, 0.1) is 0 Å². The molecule has 0 N–H and O–H groups in total. The Morgan fingerprint density at radius 3 is 2.00 bits per heavy atom. The second-order valence-corrected chi connectivity index (χ2v) is 1.99. The van der Waals surface area contributed by atoms with Gasteiger partial charge < -0.3 is 0 Å². The lowest BCUT2D eigenvalue weighted by Gasteiger charge is -2.05. The van der Waals surface area contributed by atoms with E-state index in [0.29, 0.717) is 0 Å². The fourth-order valence-electron chi connectivity index (χ4n) is 0.701. The van der Waals surface area contributed by atoms with Gasteiger partial charge in [-0.15, -0.1) is 0 Å². The lowest BCUT2D eigenvalue weighted by Crippen LogP contribution is -2.04. The maximum Gasteiger partial charge on any atom is 0.420 e. The largest absolute Gasteiger partial charge is 0.420 e. The van der Waals surface area contributed by atoms with E-state index >= 15 is 0 Å². The van der Waals surface area contributed by atoms with Gasteiger partial charge in [0.25, 0.3) is 0 Å². The number of para-hydroxylation sites is 1. The van der Waals surface area contributed by atoms with Crippen molar-refractivity contribution < 1.29 is 18.3 Å². The quantitative estimate of drug-likeness (QED) is 0.557. The zero-order valence-corrected chi connectivity index (χ0v) is 5.35. The number of alkyl halides is 3. The number of hydrogen-bond donors (Lipinski definition) is 0. The average molecular weight is 161 g/mol. The number of halogens is 3. The molecule has 0 aliphatic heterocycles. The molecule has 1 aromatic carbocycles. The minimum absolute atomic E-state index is 0.766. The van der Waals surface area contributed by atoms with Gasteiger partial charge in [0.2, 0.25) is 0 Å². The van der Waals surface area contributed by atoms with Crippen molar-refractivity contribution in [1.29, 1.82) is 0 Å². The highest BCUT2D eigenvalue weighted by atomic mass is 19.4. The van der Waals surface area contributed by atoms with Crippen LogP contribution in [0.2, 0.25) is 0 Å². The van der Waals surface area contributed by atoms with Gasteiger partial charge in [-0.3, -0.25) is 5.11 Å². The van der Waals surface area contributed by atoms with Crippen molar-refractivity contribution in [2.24, 2.45) is 0 Å². The zero-order chi connectivity index (χ0) is 8.48. The molecule has 0 bridgehead atoms. The summed E-state index contributed by atoms with van der Waals surface area (Å²) >= 11 is 0. The van der Waals surface area contributed by atoms with E-state index in [1.807, 2.05) is 0 Å². The van der Waals surface area contributed by atoms with E-state index in [4.69, 9.17) is 0 Å². The third-order valence-corrected chi connectivity index (χ3v) is 1.19. The summed E-state index contributed by atoms with van der Waals surface area (Å²) in [6.07, 6.45) is -4.53. The Kier molecular flexibility index (Phi) is 1.76. The molecule has 0 unspecified atom stereocenters. The molecule has 11 heavy (non-hydrogen) atoms. The molecule has 1 aromatic rings. The first-order chi connectivity index (χ1) is 5.02. The molecule has 0 aliphatic carbocycles. The van der Waals surface area contributed by atoms with Gasteiger partial charge in [0.1, 0.15) is 5.56 Å². The number of hydrogen-bond acceptors (Lipinski definition) is 0. The van der Waals surface area contributed by atoms with Crippen LogP contribution in [0.3, 0.4) is 0 Å². The average Bonchev–Trinajstić information content (AvgIpc) is 1.86. The summed E-state index contributed by atoms with van der Waals surface area (Å²) in [5.41, 5.74) is -1.11. The van der Waals surface area contributed by atoms with Crippen molar-refractivity contribution in [3.8, 4) is 5.75 Å². The Labute approximate surface area is 61.1 Å². The highest BCUT2D eigenvalue weighted by Gasteiger charge is 2.33. The van der Waals surface area contributed by atoms with Crippen LogP contribution < -0.4 is 0 Å². The lowest BCUT2D eigenvalue weighted by atomic mass is 10.2. The summed E-state index contributed by atoms with van der Waals surface area (Å²) in [7, 11) is 0. The minimum Gasteiger partial charge on any atom is -0.289 e. The van der Waals surface area contributed by atoms with Gasteiger partial charge in [-0.1, -0.05) is 12.1 Å². The van der Waals surface area contributed by atoms with Crippen LogP contribution in [0.4, 0.5) is 13.2 Å². The van der Waals surface area contributed by atoms with Crippen molar-refractivity contribution in [2.45, 2.75) is 6.18 Å². The maximum atomic E-state index is 11.8. The topological polar surface area (TPSA) is 19.9 Å². The van der Waals surface area contributed by atoms with Crippen molar-refractivity contribution in [3.63, 3.8) is 0 Å². The van der Waals surface area contributed by atoms with Crippen LogP contribution in [0.1, 0.15) is 5.56 Å². The Hall–Kier alpha value is -1.19. The summed E-state index contributed by atoms with van der Waals surface area (Å²) in [4.78, 5) is 0. The van der Waals surface area contributed by atoms with E-state index in [1.165, 1.54) is 12.1 Å². The third kappa shape index (κ3) is 1.63. The molecule has 0 saturated heterocycles. The molecule has 0 aliphatic rings. The minimum atomic E-state index is -4.53. The molecule has 0 aromatic heterocycles. The monoisotopic (exact) mass is 161 g/mol. The fraction of sp³-hybridized carbons (Fsp3) is 0.143. The molecule has 0 spiro atoms. The van der Waals surface area contributed by atoms with Crippen molar-refractivity contribution in [2.75, 3.05) is 0 Å². The highest BCUT2D eigenvalue weighted by Crippen LogP contribution is 2.35. The molecule has 1 radical (unpaired) electrons. The van der Waals surface area contributed by atoms with E-state index < -0.39 is 17.5 Å². The van der Waals surface area contributed by atoms with Crippen LogP contribution in [0.15, 0.2) is 24.3 Å². The van der Waals surface area contributed by atoms with E-state index in [-0.39, 0.29) is 0 Å². The van der Waals surface area contributed by atoms with Crippen LogP contribution in [0.25, 0.3) is 0 Å². The standard InChI is InChI=1S/C7H4F3O/c8-7(9,10)5-3-1-2-4-6(5)11/h1-4H. The third-order valence-electron chi connectivity index (χ3n) is 1.19. The van der Waals surface area contributed by atoms with Gasteiger partial charge in [-0.2, -0.15) is 13.2 Å². The van der Waals surface area contributed by atoms with Gasteiger partial charge >= 0.3 is 6.18 Å². The molecule has 4 heteroatoms. The van der Waals surface area contributed by atoms with Crippen LogP contribution >= 0.6 is 0 Å². The second kappa shape index (κ2) is 2.45. The molecule has 0 atom stereocenters. The van der Waals surface area contributed by atoms with Gasteiger partial charge in [0.15, 0.2) is 5.75 Å². The first kappa shape index (κ1) is 7.91. The zero-order valence-electron chi connectivity index (χ0n) is 5.35. The fourth-order valence-corrected chi connectivity index (χ4v) is 0.701. The molecule has 0 heterocycles. The molecule has 0 amide bonds. The molecular weight excluding hydrogens is 157 g/mol. The summed E-state index contributed by atoms with van der Waals surface area (Å²) in [6.45, 7) is 0. The highest BCUT2D eigenvalue weighted by molar-refractivity contribution is 5.33. The van der Waals surface area contributed by atoms with E-state index in [0.717, 1.165) is 12.1 Å². The van der Waals surface area contributed by atoms with Gasteiger partial charge in [0, 0.05) is 0 Å². The van der Waals surface area contributed by atoms with E-state index in [2.05, 4.69) is 0 Å². The van der Waals surface area contributed by atoms with Crippen molar-refractivity contribution >= 4 is 0 Å². The Morgan fingerprint density at radius 2 is 1.64 bits per heavy atom. The maximum absolute atomic E-state index is 11.8. The molecule has 59 valence electrons. The van der Waals surface area contributed by atoms with Crippen LogP contribution in [-0.2, 0) is 11.3 Å². The molecule has 0 saturated carbocycles. The normalized spacial score (nSPS) is 11.5. The Morgan fingerprint density at radius 1 is 1.09 bits per heavy atom. The Balaban J connectivity index is 3.14. The molecule has 1 rings (SSSR count). The number of benzene rings is 1. The predicted molar refractivity (Wildman–Crippen MR) is 31.6 cm³/mol. The van der Waals surface area contributed by atoms with Crippen LogP contribution in [0.5, 0.6) is 5.75 Å². The summed E-state index contributed by atoms with van der Waals surface area (Å²) in [6, 6.07) is 4.12. The van der Waals surface area contributed by atoms with E-state index in [1.54, 1.807) is 0 Å². The molecular formula is C7H4F3O. The summed E-state index contributed by atoms with van der Waals surface area (Å²) in [5.74, 6) is -0.986. The van der Waals surface area contributed by atoms with E-state index in [9.17, 15) is 18.3 Å². The van der Waals surface area contributed by atoms with Gasteiger partial charge in [0.05, 0.1) is 0 Å². The first-order valence-electron chi connectivity index (χ1n) is 2.85. The Bertz CT molecular complexity index is 254. The van der Waals surface area contributed by atoms with Gasteiger partial charge in [-0.05, 0) is 12.1 Å². The predicted octanol–water partition coefficient (Wildman–Crippen LogP) is 2.85. The SMILES string of the molecule is [O]c1ccccc1C(F)(F)F. The number of rotatable bonds is 0. The van der Waals surface area contributed by atoms with Crippen molar-refractivity contribution in [1.82, 2.24) is 0 Å².